The van der Waals surface area contributed by atoms with Crippen LogP contribution in [-0.2, 0) is 6.18 Å². The van der Waals surface area contributed by atoms with Gasteiger partial charge in [0, 0.05) is 17.7 Å². The summed E-state index contributed by atoms with van der Waals surface area (Å²) in [6, 6.07) is 9.92. The Hall–Kier alpha value is -3.16. The molecule has 8 heteroatoms. The van der Waals surface area contributed by atoms with Gasteiger partial charge in [-0.25, -0.2) is 15.0 Å². The maximum atomic E-state index is 12.6. The number of ether oxygens (including phenoxy) is 1. The molecule has 2 aromatic heterocycles. The van der Waals surface area contributed by atoms with E-state index in [0.717, 1.165) is 12.1 Å². The summed E-state index contributed by atoms with van der Waals surface area (Å²) in [5.74, 6) is 0.982. The number of pyridine rings is 1. The minimum atomic E-state index is -4.36. The van der Waals surface area contributed by atoms with Crippen molar-refractivity contribution in [3.63, 3.8) is 0 Å². The van der Waals surface area contributed by atoms with E-state index in [1.807, 2.05) is 0 Å². The topological polar surface area (TPSA) is 59.9 Å². The molecule has 0 saturated carbocycles. The van der Waals surface area contributed by atoms with Crippen molar-refractivity contribution in [2.45, 2.75) is 6.18 Å². The van der Waals surface area contributed by atoms with Crippen molar-refractivity contribution in [3.05, 3.63) is 60.6 Å². The first kappa shape index (κ1) is 16.7. The molecule has 0 amide bonds. The number of halogens is 3. The van der Waals surface area contributed by atoms with E-state index in [0.29, 0.717) is 28.6 Å². The van der Waals surface area contributed by atoms with Crippen molar-refractivity contribution in [1.29, 1.82) is 0 Å². The molecular formula is C17H13F3N4O. The number of methoxy groups -OCH3 is 1. The van der Waals surface area contributed by atoms with Crippen molar-refractivity contribution in [3.8, 4) is 17.1 Å². The SMILES string of the molecule is COc1ccc(Nc2cc(-c3ccc(C(F)(F)F)cc3)ncn2)cn1. The number of aromatic nitrogens is 3. The number of nitrogens with zero attached hydrogens (tertiary/aromatic N) is 3. The molecule has 25 heavy (non-hydrogen) atoms. The maximum Gasteiger partial charge on any atom is 0.416 e. The Morgan fingerprint density at radius 3 is 2.32 bits per heavy atom. The van der Waals surface area contributed by atoms with Crippen LogP contribution in [0, 0.1) is 0 Å². The summed E-state index contributed by atoms with van der Waals surface area (Å²) in [5, 5.41) is 3.05. The Balaban J connectivity index is 1.81. The Morgan fingerprint density at radius 2 is 1.72 bits per heavy atom. The van der Waals surface area contributed by atoms with E-state index in [-0.39, 0.29) is 0 Å². The van der Waals surface area contributed by atoms with Crippen LogP contribution < -0.4 is 10.1 Å². The number of nitrogens with one attached hydrogen (secondary N) is 1. The summed E-state index contributed by atoms with van der Waals surface area (Å²) in [5.41, 5.74) is 1.06. The predicted octanol–water partition coefficient (Wildman–Crippen LogP) is 4.31. The average molecular weight is 346 g/mol. The molecular weight excluding hydrogens is 333 g/mol. The predicted molar refractivity (Wildman–Crippen MR) is 86.5 cm³/mol. The Kier molecular flexibility index (Phi) is 4.51. The van der Waals surface area contributed by atoms with Crippen LogP contribution in [0.25, 0.3) is 11.3 Å². The van der Waals surface area contributed by atoms with E-state index >= 15 is 0 Å². The second-order valence-corrected chi connectivity index (χ2v) is 5.08. The number of hydrogen-bond acceptors (Lipinski definition) is 5. The molecule has 5 nitrogen and oxygen atoms in total. The lowest BCUT2D eigenvalue weighted by Gasteiger charge is -2.09. The molecule has 3 aromatic rings. The monoisotopic (exact) mass is 346 g/mol. The number of benzene rings is 1. The van der Waals surface area contributed by atoms with Crippen LogP contribution in [0.15, 0.2) is 55.0 Å². The largest absolute Gasteiger partial charge is 0.481 e. The van der Waals surface area contributed by atoms with Crippen LogP contribution in [0.4, 0.5) is 24.7 Å². The molecule has 128 valence electrons. The lowest BCUT2D eigenvalue weighted by atomic mass is 10.1. The second-order valence-electron chi connectivity index (χ2n) is 5.08. The fourth-order valence-corrected chi connectivity index (χ4v) is 2.14. The third-order valence-electron chi connectivity index (χ3n) is 3.39. The van der Waals surface area contributed by atoms with E-state index in [4.69, 9.17) is 4.74 Å². The lowest BCUT2D eigenvalue weighted by molar-refractivity contribution is -0.137. The number of hydrogen-bond donors (Lipinski definition) is 1. The van der Waals surface area contributed by atoms with Gasteiger partial charge < -0.3 is 10.1 Å². The first-order valence-electron chi connectivity index (χ1n) is 7.22. The summed E-state index contributed by atoms with van der Waals surface area (Å²) in [6.07, 6.45) is -1.44. The van der Waals surface area contributed by atoms with Crippen LogP contribution in [0.1, 0.15) is 5.56 Å². The van der Waals surface area contributed by atoms with E-state index in [2.05, 4.69) is 20.3 Å². The maximum absolute atomic E-state index is 12.6. The van der Waals surface area contributed by atoms with Gasteiger partial charge in [-0.1, -0.05) is 12.1 Å². The Morgan fingerprint density at radius 1 is 0.960 bits per heavy atom. The van der Waals surface area contributed by atoms with E-state index in [9.17, 15) is 13.2 Å². The normalized spacial score (nSPS) is 11.2. The van der Waals surface area contributed by atoms with Crippen LogP contribution in [0.3, 0.4) is 0 Å². The van der Waals surface area contributed by atoms with E-state index in [1.54, 1.807) is 24.4 Å². The minimum absolute atomic E-state index is 0.485. The summed E-state index contributed by atoms with van der Waals surface area (Å²) >= 11 is 0. The molecule has 0 spiro atoms. The molecule has 1 aromatic carbocycles. The van der Waals surface area contributed by atoms with E-state index < -0.39 is 11.7 Å². The molecule has 0 atom stereocenters. The summed E-state index contributed by atoms with van der Waals surface area (Å²) in [7, 11) is 1.52. The highest BCUT2D eigenvalue weighted by atomic mass is 19.4. The van der Waals surface area contributed by atoms with Gasteiger partial charge in [0.05, 0.1) is 30.3 Å². The smallest absolute Gasteiger partial charge is 0.416 e. The first-order valence-corrected chi connectivity index (χ1v) is 7.22. The number of anilines is 2. The molecule has 0 bridgehead atoms. The first-order chi connectivity index (χ1) is 12.0. The summed E-state index contributed by atoms with van der Waals surface area (Å²) < 4.78 is 42.9. The standard InChI is InChI=1S/C17H13F3N4O/c1-25-16-7-6-13(9-21-16)24-15-8-14(22-10-23-15)11-2-4-12(5-3-11)17(18,19)20/h2-10H,1H3,(H,22,23,24). The van der Waals surface area contributed by atoms with Crippen molar-refractivity contribution >= 4 is 11.5 Å². The van der Waals surface area contributed by atoms with Crippen molar-refractivity contribution in [1.82, 2.24) is 15.0 Å². The van der Waals surface area contributed by atoms with Gasteiger partial charge in [-0.15, -0.1) is 0 Å². The van der Waals surface area contributed by atoms with Gasteiger partial charge in [-0.3, -0.25) is 0 Å². The van der Waals surface area contributed by atoms with Gasteiger partial charge in [-0.2, -0.15) is 13.2 Å². The summed E-state index contributed by atoms with van der Waals surface area (Å²) in [4.78, 5) is 12.3. The zero-order valence-electron chi connectivity index (χ0n) is 13.1. The molecule has 2 heterocycles. The van der Waals surface area contributed by atoms with Crippen molar-refractivity contribution in [2.75, 3.05) is 12.4 Å². The second kappa shape index (κ2) is 6.76. The summed E-state index contributed by atoms with van der Waals surface area (Å²) in [6.45, 7) is 0. The number of alkyl halides is 3. The minimum Gasteiger partial charge on any atom is -0.481 e. The van der Waals surface area contributed by atoms with Gasteiger partial charge >= 0.3 is 6.18 Å². The molecule has 0 aliphatic carbocycles. The lowest BCUT2D eigenvalue weighted by Crippen LogP contribution is -2.04. The fourth-order valence-electron chi connectivity index (χ4n) is 2.14. The molecule has 0 aliphatic rings. The number of rotatable bonds is 4. The highest BCUT2D eigenvalue weighted by molar-refractivity contribution is 5.65. The van der Waals surface area contributed by atoms with Crippen molar-refractivity contribution in [2.24, 2.45) is 0 Å². The molecule has 0 saturated heterocycles. The quantitative estimate of drug-likeness (QED) is 0.763. The van der Waals surface area contributed by atoms with Gasteiger partial charge in [0.25, 0.3) is 0 Å². The van der Waals surface area contributed by atoms with Gasteiger partial charge in [-0.05, 0) is 18.2 Å². The molecule has 0 unspecified atom stereocenters. The molecule has 3 rings (SSSR count). The van der Waals surface area contributed by atoms with E-state index in [1.165, 1.54) is 25.6 Å². The van der Waals surface area contributed by atoms with Gasteiger partial charge in [0.15, 0.2) is 0 Å². The molecule has 0 fully saturated rings. The van der Waals surface area contributed by atoms with Gasteiger partial charge in [0.1, 0.15) is 12.1 Å². The Labute approximate surface area is 141 Å². The fraction of sp³-hybridized carbons (Fsp3) is 0.118. The molecule has 0 aliphatic heterocycles. The molecule has 1 N–H and O–H groups in total. The average Bonchev–Trinajstić information content (AvgIpc) is 2.62. The highest BCUT2D eigenvalue weighted by Gasteiger charge is 2.30. The molecule has 0 radical (unpaired) electrons. The highest BCUT2D eigenvalue weighted by Crippen LogP contribution is 2.31. The van der Waals surface area contributed by atoms with Crippen LogP contribution in [0.2, 0.25) is 0 Å². The van der Waals surface area contributed by atoms with Gasteiger partial charge in [0.2, 0.25) is 5.88 Å². The van der Waals surface area contributed by atoms with Crippen molar-refractivity contribution < 1.29 is 17.9 Å². The Bertz CT molecular complexity index is 849. The third-order valence-corrected chi connectivity index (χ3v) is 3.39. The zero-order valence-corrected chi connectivity index (χ0v) is 13.1. The third kappa shape index (κ3) is 4.03. The van der Waals surface area contributed by atoms with Crippen LogP contribution in [-0.4, -0.2) is 22.1 Å². The van der Waals surface area contributed by atoms with Crippen LogP contribution >= 0.6 is 0 Å². The zero-order chi connectivity index (χ0) is 17.9. The van der Waals surface area contributed by atoms with Crippen LogP contribution in [0.5, 0.6) is 5.88 Å².